The number of nitrogens with two attached hydrogens (primary N) is 1. The minimum atomic E-state index is -0.232. The molecule has 0 radical (unpaired) electrons. The molecule has 132 valence electrons. The number of hydrogen-bond acceptors (Lipinski definition) is 5. The molecule has 0 aliphatic carbocycles. The predicted molar refractivity (Wildman–Crippen MR) is 99.6 cm³/mol. The number of anilines is 1. The average Bonchev–Trinajstić information content (AvgIpc) is 2.69. The third-order valence-electron chi connectivity index (χ3n) is 3.70. The van der Waals surface area contributed by atoms with Crippen LogP contribution in [-0.4, -0.2) is 18.0 Å². The monoisotopic (exact) mass is 349 g/mol. The molecular formula is C20H19N3O3. The van der Waals surface area contributed by atoms with Gasteiger partial charge in [0.05, 0.1) is 7.11 Å². The second kappa shape index (κ2) is 8.13. The number of aromatic nitrogens is 1. The topological polar surface area (TPSA) is 86.5 Å². The summed E-state index contributed by atoms with van der Waals surface area (Å²) >= 11 is 0. The van der Waals surface area contributed by atoms with Crippen LogP contribution in [0, 0.1) is 0 Å². The lowest BCUT2D eigenvalue weighted by Gasteiger charge is -2.09. The molecule has 6 nitrogen and oxygen atoms in total. The van der Waals surface area contributed by atoms with Crippen LogP contribution in [0.15, 0.2) is 66.9 Å². The molecule has 1 heterocycles. The van der Waals surface area contributed by atoms with Crippen LogP contribution in [0.25, 0.3) is 0 Å². The first kappa shape index (κ1) is 17.4. The number of pyridine rings is 1. The van der Waals surface area contributed by atoms with Gasteiger partial charge in [-0.25, -0.2) is 4.98 Å². The molecule has 3 N–H and O–H groups in total. The third-order valence-corrected chi connectivity index (χ3v) is 3.70. The summed E-state index contributed by atoms with van der Waals surface area (Å²) in [4.78, 5) is 16.6. The highest BCUT2D eigenvalue weighted by atomic mass is 16.5. The van der Waals surface area contributed by atoms with Crippen LogP contribution in [0.1, 0.15) is 15.9 Å². The fraction of sp³-hybridized carbons (Fsp3) is 0.100. The van der Waals surface area contributed by atoms with Gasteiger partial charge in [0.25, 0.3) is 5.91 Å². The summed E-state index contributed by atoms with van der Waals surface area (Å²) in [5.74, 6) is 1.45. The van der Waals surface area contributed by atoms with Crippen LogP contribution < -0.4 is 20.5 Å². The fourth-order valence-electron chi connectivity index (χ4n) is 2.33. The van der Waals surface area contributed by atoms with Gasteiger partial charge < -0.3 is 20.5 Å². The van der Waals surface area contributed by atoms with E-state index >= 15 is 0 Å². The van der Waals surface area contributed by atoms with Crippen molar-refractivity contribution in [2.75, 3.05) is 12.4 Å². The molecule has 0 aliphatic heterocycles. The summed E-state index contributed by atoms with van der Waals surface area (Å²) in [5.41, 5.74) is 7.70. The van der Waals surface area contributed by atoms with Gasteiger partial charge in [0.15, 0.2) is 0 Å². The molecule has 0 atom stereocenters. The first-order chi connectivity index (χ1) is 12.7. The summed E-state index contributed by atoms with van der Waals surface area (Å²) in [5, 5.41) is 2.84. The van der Waals surface area contributed by atoms with Crippen molar-refractivity contribution in [3.05, 3.63) is 78.0 Å². The maximum Gasteiger partial charge on any atom is 0.255 e. The first-order valence-electron chi connectivity index (χ1n) is 8.06. The van der Waals surface area contributed by atoms with Gasteiger partial charge in [0.1, 0.15) is 11.5 Å². The first-order valence-corrected chi connectivity index (χ1v) is 8.06. The summed E-state index contributed by atoms with van der Waals surface area (Å²) in [6.45, 7) is 0.406. The average molecular weight is 349 g/mol. The molecule has 0 aliphatic rings. The van der Waals surface area contributed by atoms with E-state index in [-0.39, 0.29) is 5.91 Å². The minimum Gasteiger partial charge on any atom is -0.497 e. The van der Waals surface area contributed by atoms with Crippen LogP contribution in [0.5, 0.6) is 17.4 Å². The van der Waals surface area contributed by atoms with E-state index in [1.165, 1.54) is 0 Å². The van der Waals surface area contributed by atoms with Crippen molar-refractivity contribution in [2.45, 2.75) is 6.54 Å². The van der Waals surface area contributed by atoms with Crippen molar-refractivity contribution in [2.24, 2.45) is 5.73 Å². The highest BCUT2D eigenvalue weighted by molar-refractivity contribution is 6.04. The van der Waals surface area contributed by atoms with Gasteiger partial charge in [-0.3, -0.25) is 4.79 Å². The summed E-state index contributed by atoms with van der Waals surface area (Å²) in [7, 11) is 1.59. The molecule has 26 heavy (non-hydrogen) atoms. The number of methoxy groups -OCH3 is 1. The second-order valence-corrected chi connectivity index (χ2v) is 5.52. The second-order valence-electron chi connectivity index (χ2n) is 5.52. The van der Waals surface area contributed by atoms with Crippen molar-refractivity contribution < 1.29 is 14.3 Å². The maximum absolute atomic E-state index is 12.4. The molecule has 0 saturated carbocycles. The van der Waals surface area contributed by atoms with Crippen molar-refractivity contribution >= 4 is 11.6 Å². The van der Waals surface area contributed by atoms with Gasteiger partial charge in [-0.1, -0.05) is 6.07 Å². The highest BCUT2D eigenvalue weighted by Gasteiger charge is 2.08. The molecule has 2 aromatic carbocycles. The van der Waals surface area contributed by atoms with E-state index in [4.69, 9.17) is 15.2 Å². The zero-order chi connectivity index (χ0) is 18.4. The van der Waals surface area contributed by atoms with Gasteiger partial charge in [-0.05, 0) is 54.1 Å². The SMILES string of the molecule is COc1ccc(NC(=O)c2cccc(Oc3cc(CN)ccn3)c2)cc1. The minimum absolute atomic E-state index is 0.232. The Morgan fingerprint density at radius 3 is 2.62 bits per heavy atom. The quantitative estimate of drug-likeness (QED) is 0.710. The smallest absolute Gasteiger partial charge is 0.255 e. The largest absolute Gasteiger partial charge is 0.497 e. The number of carbonyl (C=O) groups is 1. The molecule has 0 spiro atoms. The molecule has 0 bridgehead atoms. The molecule has 3 aromatic rings. The van der Waals surface area contributed by atoms with E-state index in [0.29, 0.717) is 29.4 Å². The Labute approximate surface area is 151 Å². The van der Waals surface area contributed by atoms with Crippen LogP contribution in [0.4, 0.5) is 5.69 Å². The summed E-state index contributed by atoms with van der Waals surface area (Å²) < 4.78 is 10.8. The van der Waals surface area contributed by atoms with Gasteiger partial charge in [-0.15, -0.1) is 0 Å². The Hall–Kier alpha value is -3.38. The number of ether oxygens (including phenoxy) is 2. The van der Waals surface area contributed by atoms with E-state index < -0.39 is 0 Å². The Morgan fingerprint density at radius 2 is 1.88 bits per heavy atom. The number of nitrogens with one attached hydrogen (secondary N) is 1. The van der Waals surface area contributed by atoms with Crippen molar-refractivity contribution in [3.8, 4) is 17.4 Å². The number of rotatable bonds is 6. The Bertz CT molecular complexity index is 895. The number of benzene rings is 2. The summed E-state index contributed by atoms with van der Waals surface area (Å²) in [6.07, 6.45) is 1.64. The standard InChI is InChI=1S/C20H19N3O3/c1-25-17-7-5-16(6-8-17)23-20(24)15-3-2-4-18(12-15)26-19-11-14(13-21)9-10-22-19/h2-12H,13,21H2,1H3,(H,23,24). The normalized spacial score (nSPS) is 10.2. The van der Waals surface area contributed by atoms with Crippen LogP contribution in [0.3, 0.4) is 0 Å². The molecule has 0 unspecified atom stereocenters. The van der Waals surface area contributed by atoms with Crippen LogP contribution in [0.2, 0.25) is 0 Å². The molecule has 6 heteroatoms. The van der Waals surface area contributed by atoms with Crippen LogP contribution >= 0.6 is 0 Å². The Morgan fingerprint density at radius 1 is 1.08 bits per heavy atom. The zero-order valence-corrected chi connectivity index (χ0v) is 14.3. The summed E-state index contributed by atoms with van der Waals surface area (Å²) in [6, 6.07) is 17.6. The zero-order valence-electron chi connectivity index (χ0n) is 14.3. The number of nitrogens with zero attached hydrogens (tertiary/aromatic N) is 1. The van der Waals surface area contributed by atoms with E-state index in [1.54, 1.807) is 67.9 Å². The molecule has 0 fully saturated rings. The molecule has 3 rings (SSSR count). The van der Waals surface area contributed by atoms with Crippen molar-refractivity contribution in [1.29, 1.82) is 0 Å². The fourth-order valence-corrected chi connectivity index (χ4v) is 2.33. The van der Waals surface area contributed by atoms with Gasteiger partial charge in [0.2, 0.25) is 5.88 Å². The molecule has 1 amide bonds. The lowest BCUT2D eigenvalue weighted by molar-refractivity contribution is 0.102. The van der Waals surface area contributed by atoms with Crippen LogP contribution in [-0.2, 0) is 6.54 Å². The van der Waals surface area contributed by atoms with Gasteiger partial charge in [0, 0.05) is 30.1 Å². The molecular weight excluding hydrogens is 330 g/mol. The number of amides is 1. The van der Waals surface area contributed by atoms with E-state index in [1.807, 2.05) is 6.07 Å². The molecule has 0 saturated heterocycles. The van der Waals surface area contributed by atoms with Crippen molar-refractivity contribution in [3.63, 3.8) is 0 Å². The predicted octanol–water partition coefficient (Wildman–Crippen LogP) is 3.59. The van der Waals surface area contributed by atoms with E-state index in [2.05, 4.69) is 10.3 Å². The Kier molecular flexibility index (Phi) is 5.46. The third kappa shape index (κ3) is 4.37. The lowest BCUT2D eigenvalue weighted by Crippen LogP contribution is -2.11. The maximum atomic E-state index is 12.4. The lowest BCUT2D eigenvalue weighted by atomic mass is 10.2. The molecule has 1 aromatic heterocycles. The van der Waals surface area contributed by atoms with Gasteiger partial charge in [-0.2, -0.15) is 0 Å². The Balaban J connectivity index is 1.72. The highest BCUT2D eigenvalue weighted by Crippen LogP contribution is 2.22. The number of hydrogen-bond donors (Lipinski definition) is 2. The number of carbonyl (C=O) groups excluding carboxylic acids is 1. The van der Waals surface area contributed by atoms with E-state index in [9.17, 15) is 4.79 Å². The van der Waals surface area contributed by atoms with Gasteiger partial charge >= 0.3 is 0 Å². The van der Waals surface area contributed by atoms with E-state index in [0.717, 1.165) is 11.3 Å². The van der Waals surface area contributed by atoms with Crippen molar-refractivity contribution in [1.82, 2.24) is 4.98 Å².